The van der Waals surface area contributed by atoms with E-state index in [4.69, 9.17) is 16.6 Å². The first-order valence-corrected chi connectivity index (χ1v) is 6.97. The van der Waals surface area contributed by atoms with E-state index >= 15 is 0 Å². The highest BCUT2D eigenvalue weighted by Gasteiger charge is 2.28. The van der Waals surface area contributed by atoms with E-state index in [1.165, 1.54) is 11.9 Å². The summed E-state index contributed by atoms with van der Waals surface area (Å²) >= 11 is 6.05. The largest absolute Gasteiger partial charge is 0.327 e. The molecule has 3 nitrogen and oxygen atoms in total. The zero-order valence-electron chi connectivity index (χ0n) is 10.8. The van der Waals surface area contributed by atoms with Gasteiger partial charge in [0.1, 0.15) is 5.82 Å². The van der Waals surface area contributed by atoms with Gasteiger partial charge in [0.15, 0.2) is 0 Å². The Bertz CT molecular complexity index is 576. The summed E-state index contributed by atoms with van der Waals surface area (Å²) in [5.41, 5.74) is 2.18. The molecule has 1 N–H and O–H groups in total. The van der Waals surface area contributed by atoms with Gasteiger partial charge in [0.25, 0.3) is 0 Å². The van der Waals surface area contributed by atoms with Gasteiger partial charge in [0, 0.05) is 11.6 Å². The molecule has 0 radical (unpaired) electrons. The van der Waals surface area contributed by atoms with Crippen LogP contribution < -0.4 is 5.32 Å². The Morgan fingerprint density at radius 1 is 1.50 bits per heavy atom. The van der Waals surface area contributed by atoms with E-state index < -0.39 is 0 Å². The standard InChI is InChI=1S/C14H18ClN3/c1-3-18-12-5-4-10(15)8-11(12)17-14(18)13-9(2)6-7-16-13/h4-5,8-9,13,16H,3,6-7H2,1-2H3. The Balaban J connectivity index is 2.16. The van der Waals surface area contributed by atoms with Gasteiger partial charge < -0.3 is 9.88 Å². The molecule has 1 aromatic carbocycles. The Morgan fingerprint density at radius 3 is 3.00 bits per heavy atom. The summed E-state index contributed by atoms with van der Waals surface area (Å²) in [6.45, 7) is 6.48. The molecule has 0 aliphatic carbocycles. The van der Waals surface area contributed by atoms with Crippen molar-refractivity contribution in [2.45, 2.75) is 32.9 Å². The van der Waals surface area contributed by atoms with E-state index in [-0.39, 0.29) is 0 Å². The molecule has 0 amide bonds. The number of imidazole rings is 1. The molecule has 1 aliphatic rings. The van der Waals surface area contributed by atoms with Crippen molar-refractivity contribution in [3.8, 4) is 0 Å². The van der Waals surface area contributed by atoms with Gasteiger partial charge in [-0.05, 0) is 44.0 Å². The molecule has 0 bridgehead atoms. The maximum atomic E-state index is 6.05. The van der Waals surface area contributed by atoms with E-state index in [0.717, 1.165) is 29.5 Å². The summed E-state index contributed by atoms with van der Waals surface area (Å²) < 4.78 is 2.30. The van der Waals surface area contributed by atoms with Gasteiger partial charge in [-0.15, -0.1) is 0 Å². The second-order valence-corrected chi connectivity index (χ2v) is 5.48. The van der Waals surface area contributed by atoms with Crippen LogP contribution >= 0.6 is 11.6 Å². The number of aromatic nitrogens is 2. The number of hydrogen-bond donors (Lipinski definition) is 1. The lowest BCUT2D eigenvalue weighted by atomic mass is 10.0. The van der Waals surface area contributed by atoms with Crippen LogP contribution in [-0.2, 0) is 6.54 Å². The first-order valence-electron chi connectivity index (χ1n) is 6.59. The third kappa shape index (κ3) is 1.82. The fraction of sp³-hybridized carbons (Fsp3) is 0.500. The SMILES string of the molecule is CCn1c(C2NCCC2C)nc2cc(Cl)ccc21. The Morgan fingerprint density at radius 2 is 2.33 bits per heavy atom. The van der Waals surface area contributed by atoms with Crippen molar-refractivity contribution in [3.63, 3.8) is 0 Å². The van der Waals surface area contributed by atoms with Gasteiger partial charge in [-0.1, -0.05) is 18.5 Å². The van der Waals surface area contributed by atoms with Gasteiger partial charge in [0.2, 0.25) is 0 Å². The molecule has 2 atom stereocenters. The van der Waals surface area contributed by atoms with E-state index in [2.05, 4.69) is 29.8 Å². The third-order valence-electron chi connectivity index (χ3n) is 3.87. The summed E-state index contributed by atoms with van der Waals surface area (Å²) in [6.07, 6.45) is 1.22. The summed E-state index contributed by atoms with van der Waals surface area (Å²) in [7, 11) is 0. The van der Waals surface area contributed by atoms with Crippen LogP contribution in [0, 0.1) is 5.92 Å². The van der Waals surface area contributed by atoms with Crippen LogP contribution in [0.4, 0.5) is 0 Å². The molecule has 0 spiro atoms. The molecular weight excluding hydrogens is 246 g/mol. The van der Waals surface area contributed by atoms with Crippen LogP contribution in [0.5, 0.6) is 0 Å². The van der Waals surface area contributed by atoms with Crippen LogP contribution in [0.2, 0.25) is 5.02 Å². The van der Waals surface area contributed by atoms with Crippen molar-refractivity contribution in [1.82, 2.24) is 14.9 Å². The van der Waals surface area contributed by atoms with Crippen LogP contribution in [0.3, 0.4) is 0 Å². The van der Waals surface area contributed by atoms with Gasteiger partial charge >= 0.3 is 0 Å². The van der Waals surface area contributed by atoms with Gasteiger partial charge in [-0.3, -0.25) is 0 Å². The van der Waals surface area contributed by atoms with Crippen molar-refractivity contribution in [1.29, 1.82) is 0 Å². The van der Waals surface area contributed by atoms with Crippen LogP contribution in [0.25, 0.3) is 11.0 Å². The number of nitrogens with zero attached hydrogens (tertiary/aromatic N) is 2. The molecule has 1 fully saturated rings. The van der Waals surface area contributed by atoms with E-state index in [9.17, 15) is 0 Å². The zero-order valence-corrected chi connectivity index (χ0v) is 11.5. The number of halogens is 1. The molecule has 1 saturated heterocycles. The lowest BCUT2D eigenvalue weighted by Gasteiger charge is -2.16. The topological polar surface area (TPSA) is 29.9 Å². The average molecular weight is 264 g/mol. The molecule has 0 saturated carbocycles. The lowest BCUT2D eigenvalue weighted by Crippen LogP contribution is -2.21. The maximum absolute atomic E-state index is 6.05. The van der Waals surface area contributed by atoms with Crippen LogP contribution in [0.15, 0.2) is 18.2 Å². The molecule has 3 rings (SSSR count). The first-order chi connectivity index (χ1) is 8.70. The number of nitrogens with one attached hydrogen (secondary N) is 1. The number of benzene rings is 1. The Kier molecular flexibility index (Phi) is 3.04. The van der Waals surface area contributed by atoms with E-state index in [0.29, 0.717) is 12.0 Å². The van der Waals surface area contributed by atoms with Gasteiger partial charge in [-0.2, -0.15) is 0 Å². The predicted molar refractivity (Wildman–Crippen MR) is 74.9 cm³/mol. The summed E-state index contributed by atoms with van der Waals surface area (Å²) in [6, 6.07) is 6.33. The van der Waals surface area contributed by atoms with Gasteiger partial charge in [-0.25, -0.2) is 4.98 Å². The molecule has 1 aliphatic heterocycles. The molecular formula is C14H18ClN3. The van der Waals surface area contributed by atoms with E-state index in [1.807, 2.05) is 12.1 Å². The third-order valence-corrected chi connectivity index (χ3v) is 4.10. The van der Waals surface area contributed by atoms with Gasteiger partial charge in [0.05, 0.1) is 17.1 Å². The second-order valence-electron chi connectivity index (χ2n) is 5.05. The number of rotatable bonds is 2. The fourth-order valence-electron chi connectivity index (χ4n) is 2.87. The van der Waals surface area contributed by atoms with Crippen LogP contribution in [-0.4, -0.2) is 16.1 Å². The molecule has 2 aromatic rings. The number of fused-ring (bicyclic) bond motifs is 1. The quantitative estimate of drug-likeness (QED) is 0.900. The fourth-order valence-corrected chi connectivity index (χ4v) is 3.04. The van der Waals surface area contributed by atoms with Crippen molar-refractivity contribution < 1.29 is 0 Å². The maximum Gasteiger partial charge on any atom is 0.127 e. The molecule has 96 valence electrons. The average Bonchev–Trinajstić information content (AvgIpc) is 2.91. The minimum Gasteiger partial charge on any atom is -0.327 e. The van der Waals surface area contributed by atoms with Crippen LogP contribution in [0.1, 0.15) is 32.1 Å². The normalized spacial score (nSPS) is 23.9. The summed E-state index contributed by atoms with van der Waals surface area (Å²) in [5.74, 6) is 1.79. The first kappa shape index (κ1) is 12.0. The van der Waals surface area contributed by atoms with Crippen molar-refractivity contribution in [2.24, 2.45) is 5.92 Å². The molecule has 4 heteroatoms. The predicted octanol–water partition coefficient (Wildman–Crippen LogP) is 3.38. The lowest BCUT2D eigenvalue weighted by molar-refractivity contribution is 0.462. The molecule has 2 heterocycles. The van der Waals surface area contributed by atoms with Crippen molar-refractivity contribution in [2.75, 3.05) is 6.54 Å². The summed E-state index contributed by atoms with van der Waals surface area (Å²) in [4.78, 5) is 4.79. The highest BCUT2D eigenvalue weighted by Crippen LogP contribution is 2.31. The molecule has 2 unspecified atom stereocenters. The second kappa shape index (κ2) is 4.56. The monoisotopic (exact) mass is 263 g/mol. The smallest absolute Gasteiger partial charge is 0.127 e. The van der Waals surface area contributed by atoms with E-state index in [1.54, 1.807) is 0 Å². The summed E-state index contributed by atoms with van der Waals surface area (Å²) in [5, 5.41) is 4.31. The van der Waals surface area contributed by atoms with Crippen molar-refractivity contribution in [3.05, 3.63) is 29.0 Å². The highest BCUT2D eigenvalue weighted by atomic mass is 35.5. The number of aryl methyl sites for hydroxylation is 1. The minimum absolute atomic E-state index is 0.371. The Hall–Kier alpha value is -1.06. The molecule has 1 aromatic heterocycles. The minimum atomic E-state index is 0.371. The van der Waals surface area contributed by atoms with Crippen molar-refractivity contribution >= 4 is 22.6 Å². The highest BCUT2D eigenvalue weighted by molar-refractivity contribution is 6.31. The molecule has 18 heavy (non-hydrogen) atoms. The Labute approximate surface area is 112 Å². The number of hydrogen-bond acceptors (Lipinski definition) is 2. The zero-order chi connectivity index (χ0) is 12.7.